The van der Waals surface area contributed by atoms with Crippen LogP contribution in [0.4, 0.5) is 0 Å². The van der Waals surface area contributed by atoms with Crippen molar-refractivity contribution in [1.82, 2.24) is 20.0 Å². The number of hydrogen-bond acceptors (Lipinski definition) is 4. The van der Waals surface area contributed by atoms with E-state index in [1.807, 2.05) is 34.0 Å². The van der Waals surface area contributed by atoms with E-state index in [0.29, 0.717) is 17.7 Å². The van der Waals surface area contributed by atoms with Crippen LogP contribution in [-0.4, -0.2) is 53.9 Å². The molecule has 2 aliphatic rings. The molecule has 0 aliphatic carbocycles. The van der Waals surface area contributed by atoms with Crippen molar-refractivity contribution in [3.05, 3.63) is 47.8 Å². The van der Waals surface area contributed by atoms with Crippen molar-refractivity contribution in [3.8, 4) is 5.75 Å². The summed E-state index contributed by atoms with van der Waals surface area (Å²) in [5.41, 5.74) is 1.84. The molecule has 1 amide bonds. The molecule has 1 unspecified atom stereocenters. The number of methoxy groups -OCH3 is 1. The van der Waals surface area contributed by atoms with Gasteiger partial charge in [-0.05, 0) is 62.3 Å². The second-order valence-corrected chi connectivity index (χ2v) is 7.93. The number of benzene rings is 1. The van der Waals surface area contributed by atoms with Gasteiger partial charge in [0.2, 0.25) is 0 Å². The third-order valence-corrected chi connectivity index (χ3v) is 6.08. The van der Waals surface area contributed by atoms with Gasteiger partial charge in [0.25, 0.3) is 5.91 Å². The van der Waals surface area contributed by atoms with Crippen LogP contribution in [0.15, 0.2) is 36.5 Å². The predicted octanol–water partition coefficient (Wildman–Crippen LogP) is 2.91. The third kappa shape index (κ3) is 4.22. The Balaban J connectivity index is 1.32. The molecular weight excluding hydrogens is 352 g/mol. The molecule has 4 rings (SSSR count). The fourth-order valence-electron chi connectivity index (χ4n) is 4.40. The van der Waals surface area contributed by atoms with Gasteiger partial charge in [0.15, 0.2) is 0 Å². The first-order chi connectivity index (χ1) is 13.7. The first kappa shape index (κ1) is 19.0. The van der Waals surface area contributed by atoms with Crippen LogP contribution in [-0.2, 0) is 6.42 Å². The van der Waals surface area contributed by atoms with Gasteiger partial charge in [-0.3, -0.25) is 9.48 Å². The van der Waals surface area contributed by atoms with E-state index in [1.165, 1.54) is 5.56 Å². The Hall–Kier alpha value is -2.34. The number of likely N-dealkylation sites (tertiary alicyclic amines) is 1. The molecule has 6 heteroatoms. The van der Waals surface area contributed by atoms with Crippen LogP contribution in [0, 0.1) is 5.92 Å². The minimum Gasteiger partial charge on any atom is -0.496 e. The maximum absolute atomic E-state index is 12.9. The number of piperidine rings is 2. The lowest BCUT2D eigenvalue weighted by Gasteiger charge is -2.32. The van der Waals surface area contributed by atoms with E-state index < -0.39 is 0 Å². The van der Waals surface area contributed by atoms with Crippen molar-refractivity contribution in [2.24, 2.45) is 5.92 Å². The van der Waals surface area contributed by atoms with Crippen molar-refractivity contribution in [3.63, 3.8) is 0 Å². The summed E-state index contributed by atoms with van der Waals surface area (Å²) >= 11 is 0. The molecular formula is C22H30N4O2. The molecule has 3 heterocycles. The molecule has 2 aromatic rings. The molecule has 1 aromatic heterocycles. The summed E-state index contributed by atoms with van der Waals surface area (Å²) in [6.07, 6.45) is 7.30. The van der Waals surface area contributed by atoms with Gasteiger partial charge in [-0.25, -0.2) is 0 Å². The van der Waals surface area contributed by atoms with Crippen molar-refractivity contribution in [2.75, 3.05) is 33.3 Å². The van der Waals surface area contributed by atoms with Gasteiger partial charge in [0, 0.05) is 25.8 Å². The van der Waals surface area contributed by atoms with Gasteiger partial charge in [0.1, 0.15) is 11.4 Å². The molecule has 0 saturated carbocycles. The number of nitrogens with one attached hydrogen (secondary N) is 1. The van der Waals surface area contributed by atoms with Crippen molar-refractivity contribution >= 4 is 5.91 Å². The first-order valence-electron chi connectivity index (χ1n) is 10.4. The third-order valence-electron chi connectivity index (χ3n) is 6.08. The van der Waals surface area contributed by atoms with Crippen LogP contribution in [0.5, 0.6) is 5.75 Å². The molecule has 2 aliphatic heterocycles. The summed E-state index contributed by atoms with van der Waals surface area (Å²) in [4.78, 5) is 14.8. The number of hydrogen-bond donors (Lipinski definition) is 1. The highest BCUT2D eigenvalue weighted by Crippen LogP contribution is 2.27. The summed E-state index contributed by atoms with van der Waals surface area (Å²) in [5, 5.41) is 7.99. The highest BCUT2D eigenvalue weighted by Gasteiger charge is 2.26. The van der Waals surface area contributed by atoms with Crippen LogP contribution in [0.3, 0.4) is 0 Å². The zero-order valence-corrected chi connectivity index (χ0v) is 16.6. The molecule has 0 bridgehead atoms. The van der Waals surface area contributed by atoms with E-state index in [2.05, 4.69) is 22.5 Å². The number of nitrogens with zero attached hydrogens (tertiary/aromatic N) is 3. The summed E-state index contributed by atoms with van der Waals surface area (Å²) in [5.74, 6) is 1.62. The molecule has 6 nitrogen and oxygen atoms in total. The number of aromatic nitrogens is 2. The van der Waals surface area contributed by atoms with Crippen molar-refractivity contribution in [1.29, 1.82) is 0 Å². The Labute approximate surface area is 166 Å². The maximum atomic E-state index is 12.9. The molecule has 28 heavy (non-hydrogen) atoms. The average Bonchev–Trinajstić information content (AvgIpc) is 3.25. The Kier molecular flexibility index (Phi) is 5.95. The Morgan fingerprint density at radius 1 is 1.21 bits per heavy atom. The summed E-state index contributed by atoms with van der Waals surface area (Å²) in [6.45, 7) is 3.62. The molecule has 0 spiro atoms. The van der Waals surface area contributed by atoms with E-state index in [0.717, 1.165) is 64.0 Å². The normalized spacial score (nSPS) is 20.9. The van der Waals surface area contributed by atoms with Crippen LogP contribution >= 0.6 is 0 Å². The van der Waals surface area contributed by atoms with E-state index in [1.54, 1.807) is 7.11 Å². The summed E-state index contributed by atoms with van der Waals surface area (Å²) in [6, 6.07) is 10.5. The minimum atomic E-state index is 0.0678. The molecule has 2 saturated heterocycles. The molecule has 0 radical (unpaired) electrons. The smallest absolute Gasteiger partial charge is 0.274 e. The second-order valence-electron chi connectivity index (χ2n) is 7.93. The number of carbonyl (C=O) groups is 1. The molecule has 1 N–H and O–H groups in total. The minimum absolute atomic E-state index is 0.0678. The van der Waals surface area contributed by atoms with E-state index in [4.69, 9.17) is 4.74 Å². The number of para-hydroxylation sites is 1. The largest absolute Gasteiger partial charge is 0.496 e. The lowest BCUT2D eigenvalue weighted by atomic mass is 9.89. The van der Waals surface area contributed by atoms with Gasteiger partial charge >= 0.3 is 0 Å². The lowest BCUT2D eigenvalue weighted by molar-refractivity contribution is 0.0683. The fourth-order valence-corrected chi connectivity index (χ4v) is 4.40. The van der Waals surface area contributed by atoms with E-state index >= 15 is 0 Å². The summed E-state index contributed by atoms with van der Waals surface area (Å²) < 4.78 is 7.44. The van der Waals surface area contributed by atoms with Crippen LogP contribution in [0.25, 0.3) is 0 Å². The topological polar surface area (TPSA) is 59.4 Å². The summed E-state index contributed by atoms with van der Waals surface area (Å²) in [7, 11) is 1.72. The molecule has 1 atom stereocenters. The Morgan fingerprint density at radius 3 is 2.79 bits per heavy atom. The van der Waals surface area contributed by atoms with Crippen LogP contribution in [0.1, 0.15) is 47.8 Å². The van der Waals surface area contributed by atoms with Gasteiger partial charge in [0.05, 0.1) is 13.2 Å². The fraction of sp³-hybridized carbons (Fsp3) is 0.545. The predicted molar refractivity (Wildman–Crippen MR) is 109 cm³/mol. The van der Waals surface area contributed by atoms with Crippen molar-refractivity contribution < 1.29 is 9.53 Å². The van der Waals surface area contributed by atoms with Gasteiger partial charge in [-0.15, -0.1) is 0 Å². The zero-order valence-electron chi connectivity index (χ0n) is 16.6. The second kappa shape index (κ2) is 8.78. The standard InChI is InChI=1S/C22H30N4O2/c1-28-21-7-3-2-5-18(21)15-17-8-12-25(13-9-17)22(27)20-10-14-26(24-20)19-6-4-11-23-16-19/h2-3,5,7,10,14,17,19,23H,4,6,8-9,11-13,15-16H2,1H3. The number of ether oxygens (including phenoxy) is 1. The quantitative estimate of drug-likeness (QED) is 0.864. The average molecular weight is 383 g/mol. The van der Waals surface area contributed by atoms with Crippen molar-refractivity contribution in [2.45, 2.75) is 38.1 Å². The Morgan fingerprint density at radius 2 is 2.04 bits per heavy atom. The van der Waals surface area contributed by atoms with Gasteiger partial charge in [-0.2, -0.15) is 5.10 Å². The zero-order chi connectivity index (χ0) is 19.3. The SMILES string of the molecule is COc1ccccc1CC1CCN(C(=O)c2ccn(C3CCCNC3)n2)CC1. The maximum Gasteiger partial charge on any atom is 0.274 e. The monoisotopic (exact) mass is 382 g/mol. The van der Waals surface area contributed by atoms with E-state index in [9.17, 15) is 4.79 Å². The highest BCUT2D eigenvalue weighted by atomic mass is 16.5. The molecule has 150 valence electrons. The molecule has 2 fully saturated rings. The first-order valence-corrected chi connectivity index (χ1v) is 10.4. The number of carbonyl (C=O) groups excluding carboxylic acids is 1. The Bertz CT molecular complexity index is 789. The number of amides is 1. The van der Waals surface area contributed by atoms with Gasteiger partial charge in [-0.1, -0.05) is 18.2 Å². The highest BCUT2D eigenvalue weighted by molar-refractivity contribution is 5.92. The molecule has 1 aromatic carbocycles. The van der Waals surface area contributed by atoms with Crippen LogP contribution < -0.4 is 10.1 Å². The number of rotatable bonds is 5. The van der Waals surface area contributed by atoms with Crippen LogP contribution in [0.2, 0.25) is 0 Å². The lowest BCUT2D eigenvalue weighted by Crippen LogP contribution is -2.39. The van der Waals surface area contributed by atoms with Gasteiger partial charge < -0.3 is 15.0 Å². The van der Waals surface area contributed by atoms with E-state index in [-0.39, 0.29) is 5.91 Å².